The van der Waals surface area contributed by atoms with E-state index in [0.29, 0.717) is 16.3 Å². The number of benzene rings is 1. The first-order valence-corrected chi connectivity index (χ1v) is 7.85. The topological polar surface area (TPSA) is 29.1 Å². The summed E-state index contributed by atoms with van der Waals surface area (Å²) in [5, 5.41) is 2.66. The summed E-state index contributed by atoms with van der Waals surface area (Å²) in [6, 6.07) is 3.29. The van der Waals surface area contributed by atoms with Gasteiger partial charge in [-0.05, 0) is 58.8 Å². The molecule has 2 aliphatic carbocycles. The Kier molecular flexibility index (Phi) is 3.76. The molecule has 2 aliphatic rings. The minimum absolute atomic E-state index is 0.0195. The van der Waals surface area contributed by atoms with Gasteiger partial charge in [0.05, 0.1) is 11.3 Å². The first kappa shape index (κ1) is 14.9. The van der Waals surface area contributed by atoms with Crippen molar-refractivity contribution in [2.45, 2.75) is 31.9 Å². The molecule has 21 heavy (non-hydrogen) atoms. The summed E-state index contributed by atoms with van der Waals surface area (Å²) in [6.45, 7) is 0. The van der Waals surface area contributed by atoms with Gasteiger partial charge in [0.15, 0.2) is 0 Å². The number of nitrogens with one attached hydrogen (secondary N) is 1. The van der Waals surface area contributed by atoms with Crippen LogP contribution in [0.1, 0.15) is 31.2 Å². The number of hydrogen-bond donors (Lipinski definition) is 1. The monoisotopic (exact) mass is 361 g/mol. The molecule has 0 aliphatic heterocycles. The van der Waals surface area contributed by atoms with Gasteiger partial charge in [0, 0.05) is 10.4 Å². The van der Waals surface area contributed by atoms with Gasteiger partial charge >= 0.3 is 6.18 Å². The van der Waals surface area contributed by atoms with E-state index in [1.54, 1.807) is 0 Å². The maximum Gasteiger partial charge on any atom is 0.416 e. The molecule has 6 heteroatoms. The third-order valence-electron chi connectivity index (χ3n) is 4.51. The number of carbonyl (C=O) groups is 1. The van der Waals surface area contributed by atoms with Gasteiger partial charge in [-0.25, -0.2) is 0 Å². The standard InChI is InChI=1S/C15H15BrF3NO/c16-11-6-5-8(15(17,18)19)7-12(11)20-14(21)13-9-3-1-2-4-10(9)13/h5-7,9-10,13H,1-4H2,(H,20,21). The number of fused-ring (bicyclic) bond motifs is 1. The minimum atomic E-state index is -4.41. The maximum absolute atomic E-state index is 12.7. The van der Waals surface area contributed by atoms with Crippen LogP contribution >= 0.6 is 15.9 Å². The SMILES string of the molecule is O=C(Nc1cc(C(F)(F)F)ccc1Br)C1C2CCCCC21. The van der Waals surface area contributed by atoms with Crippen molar-refractivity contribution in [3.05, 3.63) is 28.2 Å². The summed E-state index contributed by atoms with van der Waals surface area (Å²) in [4.78, 5) is 12.2. The van der Waals surface area contributed by atoms with Crippen molar-refractivity contribution >= 4 is 27.5 Å². The highest BCUT2D eigenvalue weighted by atomic mass is 79.9. The van der Waals surface area contributed by atoms with Crippen LogP contribution in [0.3, 0.4) is 0 Å². The Balaban J connectivity index is 1.74. The molecule has 1 aromatic carbocycles. The van der Waals surface area contributed by atoms with E-state index in [9.17, 15) is 18.0 Å². The molecule has 0 bridgehead atoms. The van der Waals surface area contributed by atoms with E-state index in [1.807, 2.05) is 0 Å². The first-order valence-electron chi connectivity index (χ1n) is 7.05. The largest absolute Gasteiger partial charge is 0.416 e. The van der Waals surface area contributed by atoms with Crippen LogP contribution in [0.5, 0.6) is 0 Å². The minimum Gasteiger partial charge on any atom is -0.325 e. The number of hydrogen-bond acceptors (Lipinski definition) is 1. The fraction of sp³-hybridized carbons (Fsp3) is 0.533. The lowest BCUT2D eigenvalue weighted by molar-refractivity contribution is -0.137. The summed E-state index contributed by atoms with van der Waals surface area (Å²) in [5.74, 6) is 0.701. The van der Waals surface area contributed by atoms with Gasteiger partial charge in [0.2, 0.25) is 5.91 Å². The molecule has 1 aromatic rings. The van der Waals surface area contributed by atoms with Crippen LogP contribution in [0.25, 0.3) is 0 Å². The molecule has 0 heterocycles. The van der Waals surface area contributed by atoms with Crippen LogP contribution in [-0.4, -0.2) is 5.91 Å². The van der Waals surface area contributed by atoms with Crippen molar-refractivity contribution in [1.82, 2.24) is 0 Å². The lowest BCUT2D eigenvalue weighted by Crippen LogP contribution is -2.16. The Labute approximate surface area is 129 Å². The van der Waals surface area contributed by atoms with E-state index in [0.717, 1.165) is 37.8 Å². The van der Waals surface area contributed by atoms with Crippen LogP contribution in [0.15, 0.2) is 22.7 Å². The Hall–Kier alpha value is -1.04. The molecule has 0 saturated heterocycles. The van der Waals surface area contributed by atoms with Crippen molar-refractivity contribution in [3.63, 3.8) is 0 Å². The van der Waals surface area contributed by atoms with Crippen molar-refractivity contribution < 1.29 is 18.0 Å². The van der Waals surface area contributed by atoms with E-state index < -0.39 is 11.7 Å². The summed E-state index contributed by atoms with van der Waals surface area (Å²) >= 11 is 3.19. The zero-order chi connectivity index (χ0) is 15.2. The fourth-order valence-corrected chi connectivity index (χ4v) is 3.74. The number of alkyl halides is 3. The van der Waals surface area contributed by atoms with E-state index in [1.165, 1.54) is 6.07 Å². The maximum atomic E-state index is 12.7. The number of amides is 1. The average molecular weight is 362 g/mol. The Morgan fingerprint density at radius 1 is 1.19 bits per heavy atom. The second kappa shape index (κ2) is 5.30. The number of carbonyl (C=O) groups excluding carboxylic acids is 1. The summed E-state index contributed by atoms with van der Waals surface area (Å²) in [6.07, 6.45) is 0.0170. The van der Waals surface area contributed by atoms with Crippen LogP contribution in [0, 0.1) is 17.8 Å². The highest BCUT2D eigenvalue weighted by Gasteiger charge is 2.54. The highest BCUT2D eigenvalue weighted by molar-refractivity contribution is 9.10. The van der Waals surface area contributed by atoms with Gasteiger partial charge in [-0.2, -0.15) is 13.2 Å². The molecule has 0 spiro atoms. The van der Waals surface area contributed by atoms with Gasteiger partial charge in [-0.3, -0.25) is 4.79 Å². The van der Waals surface area contributed by atoms with Crippen molar-refractivity contribution in [3.8, 4) is 0 Å². The van der Waals surface area contributed by atoms with Crippen molar-refractivity contribution in [2.24, 2.45) is 17.8 Å². The number of anilines is 1. The molecule has 1 N–H and O–H groups in total. The Morgan fingerprint density at radius 3 is 2.38 bits per heavy atom. The van der Waals surface area contributed by atoms with E-state index in [-0.39, 0.29) is 17.5 Å². The molecule has 2 unspecified atom stereocenters. The molecule has 114 valence electrons. The molecule has 0 aromatic heterocycles. The molecule has 2 atom stereocenters. The Morgan fingerprint density at radius 2 is 1.81 bits per heavy atom. The van der Waals surface area contributed by atoms with Crippen LogP contribution < -0.4 is 5.32 Å². The molecule has 1 amide bonds. The quantitative estimate of drug-likeness (QED) is 0.801. The van der Waals surface area contributed by atoms with E-state index in [4.69, 9.17) is 0 Å². The second-order valence-corrected chi connectivity index (χ2v) is 6.67. The van der Waals surface area contributed by atoms with Crippen LogP contribution in [0.4, 0.5) is 18.9 Å². The summed E-state index contributed by atoms with van der Waals surface area (Å²) in [7, 11) is 0. The van der Waals surface area contributed by atoms with E-state index in [2.05, 4.69) is 21.2 Å². The third kappa shape index (κ3) is 2.96. The number of rotatable bonds is 2. The third-order valence-corrected chi connectivity index (χ3v) is 5.20. The Bertz CT molecular complexity index is 561. The first-order chi connectivity index (χ1) is 9.88. The predicted octanol–water partition coefficient (Wildman–Crippen LogP) is 4.84. The molecular formula is C15H15BrF3NO. The zero-order valence-corrected chi connectivity index (χ0v) is 12.8. The second-order valence-electron chi connectivity index (χ2n) is 5.82. The van der Waals surface area contributed by atoms with Gasteiger partial charge in [-0.15, -0.1) is 0 Å². The van der Waals surface area contributed by atoms with Crippen molar-refractivity contribution in [2.75, 3.05) is 5.32 Å². The molecule has 2 saturated carbocycles. The molecule has 3 rings (SSSR count). The molecule has 0 radical (unpaired) electrons. The van der Waals surface area contributed by atoms with Gasteiger partial charge in [0.1, 0.15) is 0 Å². The fourth-order valence-electron chi connectivity index (χ4n) is 3.39. The zero-order valence-electron chi connectivity index (χ0n) is 11.2. The predicted molar refractivity (Wildman–Crippen MR) is 76.7 cm³/mol. The molecule has 2 nitrogen and oxygen atoms in total. The van der Waals surface area contributed by atoms with Crippen LogP contribution in [-0.2, 0) is 11.0 Å². The summed E-state index contributed by atoms with van der Waals surface area (Å²) < 4.78 is 38.6. The van der Waals surface area contributed by atoms with Gasteiger partial charge in [-0.1, -0.05) is 12.8 Å². The van der Waals surface area contributed by atoms with Crippen LogP contribution in [0.2, 0.25) is 0 Å². The lowest BCUT2D eigenvalue weighted by atomic mass is 10.0. The molecular weight excluding hydrogens is 347 g/mol. The summed E-state index contributed by atoms with van der Waals surface area (Å²) in [5.41, 5.74) is -0.562. The molecule has 2 fully saturated rings. The van der Waals surface area contributed by atoms with Gasteiger partial charge in [0.25, 0.3) is 0 Å². The van der Waals surface area contributed by atoms with Crippen molar-refractivity contribution in [1.29, 1.82) is 0 Å². The average Bonchev–Trinajstić information content (AvgIpc) is 3.14. The van der Waals surface area contributed by atoms with Gasteiger partial charge < -0.3 is 5.32 Å². The van der Waals surface area contributed by atoms with E-state index >= 15 is 0 Å². The normalized spacial score (nSPS) is 27.9. The lowest BCUT2D eigenvalue weighted by Gasteiger charge is -2.11. The number of halogens is 4. The highest BCUT2D eigenvalue weighted by Crippen LogP contribution is 2.55. The smallest absolute Gasteiger partial charge is 0.325 e.